The van der Waals surface area contributed by atoms with Crippen LogP contribution in [0.4, 0.5) is 5.69 Å². The summed E-state index contributed by atoms with van der Waals surface area (Å²) in [6.45, 7) is 3.01. The minimum Gasteiger partial charge on any atom is -0.368 e. The maximum atomic E-state index is 13.5. The molecule has 5 rings (SSSR count). The molecule has 2 aromatic rings. The standard InChI is InChI=1S/C27H30ClN3O2S/c28-21-9-6-10-22(18-21)29-13-15-30(16-14-29)26(32)19-31-23-11-4-5-12-24(23)34-25(27(31)33)17-20-7-2-1-3-8-20/h1-3,6-10,17-18,23-24H,4-5,11-16,19H2/b25-17-. The van der Waals surface area contributed by atoms with Crippen LogP contribution >= 0.6 is 23.4 Å². The van der Waals surface area contributed by atoms with Gasteiger partial charge in [0, 0.05) is 48.2 Å². The van der Waals surface area contributed by atoms with Crippen LogP contribution in [0.2, 0.25) is 5.02 Å². The van der Waals surface area contributed by atoms with Gasteiger partial charge in [-0.05, 0) is 42.7 Å². The zero-order valence-corrected chi connectivity index (χ0v) is 20.8. The molecule has 2 unspecified atom stereocenters. The summed E-state index contributed by atoms with van der Waals surface area (Å²) in [6, 6.07) is 18.0. The molecule has 178 valence electrons. The number of hydrogen-bond donors (Lipinski definition) is 0. The molecule has 0 aromatic heterocycles. The number of thioether (sulfide) groups is 1. The van der Waals surface area contributed by atoms with Crippen molar-refractivity contribution in [2.75, 3.05) is 37.6 Å². The Morgan fingerprint density at radius 1 is 1.00 bits per heavy atom. The highest BCUT2D eigenvalue weighted by atomic mass is 35.5. The largest absolute Gasteiger partial charge is 0.368 e. The van der Waals surface area contributed by atoms with Crippen LogP contribution in [-0.4, -0.2) is 65.6 Å². The fourth-order valence-electron chi connectivity index (χ4n) is 5.19. The molecule has 7 heteroatoms. The summed E-state index contributed by atoms with van der Waals surface area (Å²) in [6.07, 6.45) is 6.37. The van der Waals surface area contributed by atoms with E-state index in [9.17, 15) is 9.59 Å². The lowest BCUT2D eigenvalue weighted by atomic mass is 9.93. The van der Waals surface area contributed by atoms with Crippen LogP contribution in [0, 0.1) is 0 Å². The molecule has 2 amide bonds. The predicted octanol–water partition coefficient (Wildman–Crippen LogP) is 4.92. The van der Waals surface area contributed by atoms with Crippen LogP contribution in [0.5, 0.6) is 0 Å². The first-order valence-electron chi connectivity index (χ1n) is 12.1. The van der Waals surface area contributed by atoms with Gasteiger partial charge in [-0.25, -0.2) is 0 Å². The van der Waals surface area contributed by atoms with Gasteiger partial charge in [0.05, 0.1) is 4.91 Å². The molecule has 2 aliphatic heterocycles. The van der Waals surface area contributed by atoms with E-state index in [4.69, 9.17) is 11.6 Å². The van der Waals surface area contributed by atoms with Crippen molar-refractivity contribution in [1.29, 1.82) is 0 Å². The molecule has 1 aliphatic carbocycles. The molecule has 2 heterocycles. The topological polar surface area (TPSA) is 43.9 Å². The maximum Gasteiger partial charge on any atom is 0.261 e. The fourth-order valence-corrected chi connectivity index (χ4v) is 6.85. The number of fused-ring (bicyclic) bond motifs is 1. The normalized spacial score (nSPS) is 24.3. The van der Waals surface area contributed by atoms with E-state index >= 15 is 0 Å². The number of piperazine rings is 1. The third-order valence-corrected chi connectivity index (χ3v) is 8.66. The second-order valence-electron chi connectivity index (χ2n) is 9.21. The molecule has 5 nitrogen and oxygen atoms in total. The molecule has 34 heavy (non-hydrogen) atoms. The summed E-state index contributed by atoms with van der Waals surface area (Å²) in [5.74, 6) is 0.0531. The van der Waals surface area contributed by atoms with E-state index in [1.54, 1.807) is 11.8 Å². The number of benzene rings is 2. The number of hydrogen-bond acceptors (Lipinski definition) is 4. The lowest BCUT2D eigenvalue weighted by Gasteiger charge is -2.45. The Labute approximate surface area is 210 Å². The summed E-state index contributed by atoms with van der Waals surface area (Å²) in [5.41, 5.74) is 2.11. The number of amides is 2. The highest BCUT2D eigenvalue weighted by Crippen LogP contribution is 2.42. The van der Waals surface area contributed by atoms with Crippen LogP contribution in [0.15, 0.2) is 59.5 Å². The van der Waals surface area contributed by atoms with Gasteiger partial charge in [-0.15, -0.1) is 11.8 Å². The SMILES string of the molecule is O=C(CN1C(=O)/C(=C/c2ccccc2)SC2CCCCC21)N1CCN(c2cccc(Cl)c2)CC1. The third kappa shape index (κ3) is 5.13. The molecule has 1 saturated carbocycles. The van der Waals surface area contributed by atoms with Gasteiger partial charge in [0.25, 0.3) is 5.91 Å². The van der Waals surface area contributed by atoms with Crippen molar-refractivity contribution in [2.45, 2.75) is 37.0 Å². The minimum atomic E-state index is 0.00270. The third-order valence-electron chi connectivity index (χ3n) is 7.03. The van der Waals surface area contributed by atoms with Crippen molar-refractivity contribution in [2.24, 2.45) is 0 Å². The molecule has 2 saturated heterocycles. The average Bonchev–Trinajstić information content (AvgIpc) is 2.87. The van der Waals surface area contributed by atoms with Gasteiger partial charge in [-0.3, -0.25) is 9.59 Å². The Hall–Kier alpha value is -2.44. The summed E-state index contributed by atoms with van der Waals surface area (Å²) in [5, 5.41) is 1.09. The molecular weight excluding hydrogens is 466 g/mol. The van der Waals surface area contributed by atoms with Gasteiger partial charge in [0.1, 0.15) is 6.54 Å². The van der Waals surface area contributed by atoms with Crippen LogP contribution in [0.1, 0.15) is 31.2 Å². The molecule has 0 N–H and O–H groups in total. The van der Waals surface area contributed by atoms with Crippen molar-refractivity contribution in [3.05, 3.63) is 70.1 Å². The molecule has 2 atom stereocenters. The van der Waals surface area contributed by atoms with Crippen LogP contribution in [0.25, 0.3) is 6.08 Å². The average molecular weight is 496 g/mol. The van der Waals surface area contributed by atoms with E-state index in [2.05, 4.69) is 11.0 Å². The summed E-state index contributed by atoms with van der Waals surface area (Å²) < 4.78 is 0. The summed E-state index contributed by atoms with van der Waals surface area (Å²) in [4.78, 5) is 33.6. The number of carbonyl (C=O) groups excluding carboxylic acids is 2. The predicted molar refractivity (Wildman–Crippen MR) is 140 cm³/mol. The van der Waals surface area contributed by atoms with E-state index in [-0.39, 0.29) is 24.4 Å². The molecule has 2 aromatic carbocycles. The Balaban J connectivity index is 1.27. The Bertz CT molecular complexity index is 1070. The van der Waals surface area contributed by atoms with Gasteiger partial charge in [-0.1, -0.05) is 60.8 Å². The molecule has 0 bridgehead atoms. The van der Waals surface area contributed by atoms with E-state index in [0.29, 0.717) is 18.3 Å². The molecule has 3 aliphatic rings. The number of anilines is 1. The Morgan fingerprint density at radius 2 is 1.76 bits per heavy atom. The molecular formula is C27H30ClN3O2S. The molecule has 3 fully saturated rings. The van der Waals surface area contributed by atoms with Crippen LogP contribution < -0.4 is 4.90 Å². The number of nitrogens with zero attached hydrogens (tertiary/aromatic N) is 3. The van der Waals surface area contributed by atoms with E-state index in [1.807, 2.05) is 64.4 Å². The van der Waals surface area contributed by atoms with Gasteiger partial charge >= 0.3 is 0 Å². The summed E-state index contributed by atoms with van der Waals surface area (Å²) >= 11 is 7.86. The van der Waals surface area contributed by atoms with Gasteiger partial charge in [0.15, 0.2) is 0 Å². The number of rotatable bonds is 4. The first-order valence-corrected chi connectivity index (χ1v) is 13.4. The van der Waals surface area contributed by atoms with Crippen molar-refractivity contribution in [1.82, 2.24) is 9.80 Å². The maximum absolute atomic E-state index is 13.5. The first-order chi connectivity index (χ1) is 16.6. The zero-order chi connectivity index (χ0) is 23.5. The fraction of sp³-hybridized carbons (Fsp3) is 0.407. The van der Waals surface area contributed by atoms with E-state index in [1.165, 1.54) is 6.42 Å². The second-order valence-corrected chi connectivity index (χ2v) is 10.9. The highest BCUT2D eigenvalue weighted by molar-refractivity contribution is 8.04. The Kier molecular flexibility index (Phi) is 7.16. The lowest BCUT2D eigenvalue weighted by molar-refractivity contribution is -0.140. The quantitative estimate of drug-likeness (QED) is 0.565. The molecule has 0 spiro atoms. The minimum absolute atomic E-state index is 0.00270. The number of carbonyl (C=O) groups is 2. The van der Waals surface area contributed by atoms with Gasteiger partial charge in [0.2, 0.25) is 5.91 Å². The van der Waals surface area contributed by atoms with Crippen molar-refractivity contribution in [3.63, 3.8) is 0 Å². The van der Waals surface area contributed by atoms with Gasteiger partial charge < -0.3 is 14.7 Å². The zero-order valence-electron chi connectivity index (χ0n) is 19.2. The van der Waals surface area contributed by atoms with E-state index in [0.717, 1.165) is 53.5 Å². The lowest BCUT2D eigenvalue weighted by Crippen LogP contribution is -2.57. The van der Waals surface area contributed by atoms with Crippen LogP contribution in [0.3, 0.4) is 0 Å². The summed E-state index contributed by atoms with van der Waals surface area (Å²) in [7, 11) is 0. The van der Waals surface area contributed by atoms with Crippen molar-refractivity contribution < 1.29 is 9.59 Å². The molecule has 0 radical (unpaired) electrons. The monoisotopic (exact) mass is 495 g/mol. The van der Waals surface area contributed by atoms with Crippen LogP contribution in [-0.2, 0) is 9.59 Å². The first kappa shape index (κ1) is 23.3. The van der Waals surface area contributed by atoms with Crippen molar-refractivity contribution >= 4 is 46.9 Å². The number of halogens is 1. The second kappa shape index (κ2) is 10.4. The Morgan fingerprint density at radius 3 is 2.53 bits per heavy atom. The van der Waals surface area contributed by atoms with Gasteiger partial charge in [-0.2, -0.15) is 0 Å². The van der Waals surface area contributed by atoms with Crippen molar-refractivity contribution in [3.8, 4) is 0 Å². The van der Waals surface area contributed by atoms with E-state index < -0.39 is 0 Å². The smallest absolute Gasteiger partial charge is 0.261 e. The highest BCUT2D eigenvalue weighted by Gasteiger charge is 2.41.